The van der Waals surface area contributed by atoms with E-state index in [4.69, 9.17) is 13.9 Å². The molecular formula is C25H20IN3O9. The quantitative estimate of drug-likeness (QED) is 0.0911. The molecule has 0 aliphatic carbocycles. The Morgan fingerprint density at radius 3 is 2.68 bits per heavy atom. The Labute approximate surface area is 229 Å². The molecule has 3 amide bonds. The molecule has 1 aliphatic heterocycles. The number of nitrogens with zero attached hydrogens (tertiary/aromatic N) is 2. The van der Waals surface area contributed by atoms with Gasteiger partial charge in [-0.2, -0.15) is 0 Å². The summed E-state index contributed by atoms with van der Waals surface area (Å²) in [6.07, 6.45) is 1.50. The summed E-state index contributed by atoms with van der Waals surface area (Å²) in [6.45, 7) is -0.104. The molecule has 1 N–H and O–H groups in total. The Balaban J connectivity index is 1.50. The molecule has 0 bridgehead atoms. The third-order valence-electron chi connectivity index (χ3n) is 5.39. The number of nitrogens with one attached hydrogen (secondary N) is 1. The summed E-state index contributed by atoms with van der Waals surface area (Å²) >= 11 is 2.05. The molecule has 12 nitrogen and oxygen atoms in total. The SMILES string of the molecule is COC(=O)c1ccc(CN2C(=O)N/C(=C\c3cc(I)c(OCc4cccc([N+](=O)[O-])c4)c(OC)c3)C2=O)o1. The number of esters is 1. The number of carbonyl (C=O) groups excluding carboxylic acids is 3. The first kappa shape index (κ1) is 26.7. The first-order valence-electron chi connectivity index (χ1n) is 11.0. The number of hydrogen-bond donors (Lipinski definition) is 1. The second-order valence-corrected chi connectivity index (χ2v) is 9.05. The average Bonchev–Trinajstić information content (AvgIpc) is 3.47. The summed E-state index contributed by atoms with van der Waals surface area (Å²) in [5.41, 5.74) is 1.17. The Morgan fingerprint density at radius 1 is 1.18 bits per heavy atom. The summed E-state index contributed by atoms with van der Waals surface area (Å²) in [7, 11) is 2.67. The molecule has 0 radical (unpaired) electrons. The molecule has 2 aromatic carbocycles. The van der Waals surface area contributed by atoms with Gasteiger partial charge in [-0.1, -0.05) is 12.1 Å². The van der Waals surface area contributed by atoms with Crippen molar-refractivity contribution in [3.05, 3.63) is 90.6 Å². The molecule has 1 aromatic heterocycles. The van der Waals surface area contributed by atoms with Gasteiger partial charge in [-0.25, -0.2) is 9.59 Å². The molecule has 1 fully saturated rings. The van der Waals surface area contributed by atoms with Gasteiger partial charge in [-0.15, -0.1) is 0 Å². The summed E-state index contributed by atoms with van der Waals surface area (Å²) in [5, 5.41) is 13.5. The van der Waals surface area contributed by atoms with E-state index >= 15 is 0 Å². The number of halogens is 1. The van der Waals surface area contributed by atoms with Crippen molar-refractivity contribution in [2.75, 3.05) is 14.2 Å². The van der Waals surface area contributed by atoms with Crippen LogP contribution in [-0.4, -0.2) is 42.0 Å². The van der Waals surface area contributed by atoms with E-state index in [9.17, 15) is 24.5 Å². The van der Waals surface area contributed by atoms with E-state index in [1.165, 1.54) is 44.6 Å². The lowest BCUT2D eigenvalue weighted by Crippen LogP contribution is -2.30. The zero-order chi connectivity index (χ0) is 27.4. The molecule has 13 heteroatoms. The van der Waals surface area contributed by atoms with E-state index in [2.05, 4.69) is 10.1 Å². The fraction of sp³-hybridized carbons (Fsp3) is 0.160. The number of amides is 3. The zero-order valence-electron chi connectivity index (χ0n) is 20.1. The summed E-state index contributed by atoms with van der Waals surface area (Å²) in [6, 6.07) is 11.7. The Kier molecular flexibility index (Phi) is 7.95. The van der Waals surface area contributed by atoms with Gasteiger partial charge in [-0.3, -0.25) is 19.8 Å². The lowest BCUT2D eigenvalue weighted by Gasteiger charge is -2.14. The van der Waals surface area contributed by atoms with Crippen LogP contribution >= 0.6 is 22.6 Å². The smallest absolute Gasteiger partial charge is 0.373 e. The van der Waals surface area contributed by atoms with Crippen molar-refractivity contribution >= 4 is 52.3 Å². The number of imide groups is 1. The van der Waals surface area contributed by atoms with E-state index in [1.54, 1.807) is 24.3 Å². The van der Waals surface area contributed by atoms with Gasteiger partial charge < -0.3 is 23.9 Å². The van der Waals surface area contributed by atoms with Gasteiger partial charge in [0.15, 0.2) is 11.5 Å². The molecule has 196 valence electrons. The molecule has 3 aromatic rings. The first-order chi connectivity index (χ1) is 18.2. The number of non-ortho nitro benzene ring substituents is 1. The minimum Gasteiger partial charge on any atom is -0.493 e. The van der Waals surface area contributed by atoms with E-state index in [-0.39, 0.29) is 36.1 Å². The van der Waals surface area contributed by atoms with Crippen LogP contribution in [0.4, 0.5) is 10.5 Å². The molecule has 0 saturated carbocycles. The highest BCUT2D eigenvalue weighted by molar-refractivity contribution is 14.1. The Hall–Kier alpha value is -4.40. The van der Waals surface area contributed by atoms with E-state index in [0.717, 1.165) is 4.90 Å². The lowest BCUT2D eigenvalue weighted by molar-refractivity contribution is -0.384. The number of methoxy groups -OCH3 is 2. The number of carbonyl (C=O) groups is 3. The van der Waals surface area contributed by atoms with Crippen LogP contribution in [-0.2, 0) is 22.7 Å². The van der Waals surface area contributed by atoms with Gasteiger partial charge in [0.1, 0.15) is 18.1 Å². The maximum atomic E-state index is 12.9. The fourth-order valence-electron chi connectivity index (χ4n) is 3.59. The standard InChI is InChI=1S/C25H20IN3O9/c1-35-21-11-15(9-18(26)22(21)37-13-14-4-3-5-16(8-14)29(33)34)10-19-23(30)28(25(32)27-19)12-17-6-7-20(38-17)24(31)36-2/h3-11H,12-13H2,1-2H3,(H,27,32)/b19-10-. The second-order valence-electron chi connectivity index (χ2n) is 7.89. The topological polar surface area (TPSA) is 150 Å². The maximum Gasteiger partial charge on any atom is 0.373 e. The van der Waals surface area contributed by atoms with Crippen molar-refractivity contribution in [2.24, 2.45) is 0 Å². The maximum absolute atomic E-state index is 12.9. The predicted octanol–water partition coefficient (Wildman–Crippen LogP) is 4.26. The van der Waals surface area contributed by atoms with Crippen molar-refractivity contribution < 1.29 is 37.9 Å². The first-order valence-corrected chi connectivity index (χ1v) is 12.0. The van der Waals surface area contributed by atoms with Crippen molar-refractivity contribution in [3.8, 4) is 11.5 Å². The fourth-order valence-corrected chi connectivity index (χ4v) is 4.37. The Morgan fingerprint density at radius 2 is 1.97 bits per heavy atom. The molecular weight excluding hydrogens is 613 g/mol. The van der Waals surface area contributed by atoms with Crippen molar-refractivity contribution in [1.82, 2.24) is 10.2 Å². The third-order valence-corrected chi connectivity index (χ3v) is 6.19. The molecule has 0 atom stereocenters. The summed E-state index contributed by atoms with van der Waals surface area (Å²) in [4.78, 5) is 48.4. The highest BCUT2D eigenvalue weighted by Crippen LogP contribution is 2.35. The largest absolute Gasteiger partial charge is 0.493 e. The van der Waals surface area contributed by atoms with Crippen molar-refractivity contribution in [2.45, 2.75) is 13.2 Å². The summed E-state index contributed by atoms with van der Waals surface area (Å²) in [5.74, 6) is -0.268. The van der Waals surface area contributed by atoms with Crippen LogP contribution in [0.5, 0.6) is 11.5 Å². The molecule has 1 saturated heterocycles. The number of nitro benzene ring substituents is 1. The predicted molar refractivity (Wildman–Crippen MR) is 140 cm³/mol. The van der Waals surface area contributed by atoms with Crippen LogP contribution in [0.1, 0.15) is 27.4 Å². The average molecular weight is 633 g/mol. The van der Waals surface area contributed by atoms with Crippen molar-refractivity contribution in [1.29, 1.82) is 0 Å². The zero-order valence-corrected chi connectivity index (χ0v) is 22.2. The van der Waals surface area contributed by atoms with Gasteiger partial charge in [0.2, 0.25) is 5.76 Å². The third kappa shape index (κ3) is 5.77. The normalized spacial score (nSPS) is 14.0. The number of benzene rings is 2. The van der Waals surface area contributed by atoms with Crippen LogP contribution in [0.15, 0.2) is 58.6 Å². The van der Waals surface area contributed by atoms with E-state index in [1.807, 2.05) is 22.6 Å². The van der Waals surface area contributed by atoms with Gasteiger partial charge in [-0.05, 0) is 64.1 Å². The minimum atomic E-state index is -0.671. The summed E-state index contributed by atoms with van der Waals surface area (Å²) < 4.78 is 21.9. The number of nitro groups is 1. The van der Waals surface area contributed by atoms with Crippen LogP contribution in [0.3, 0.4) is 0 Å². The number of furan rings is 1. The molecule has 2 heterocycles. The number of hydrogen-bond acceptors (Lipinski definition) is 9. The van der Waals surface area contributed by atoms with Gasteiger partial charge >= 0.3 is 12.0 Å². The molecule has 1 aliphatic rings. The molecule has 38 heavy (non-hydrogen) atoms. The van der Waals surface area contributed by atoms with Crippen LogP contribution < -0.4 is 14.8 Å². The second kappa shape index (κ2) is 11.3. The van der Waals surface area contributed by atoms with E-state index in [0.29, 0.717) is 26.2 Å². The minimum absolute atomic E-state index is 0.0389. The highest BCUT2D eigenvalue weighted by Gasteiger charge is 2.34. The number of ether oxygens (including phenoxy) is 3. The molecule has 0 unspecified atom stereocenters. The number of urea groups is 1. The Bertz CT molecular complexity index is 1460. The van der Waals surface area contributed by atoms with E-state index < -0.39 is 22.8 Å². The molecule has 4 rings (SSSR count). The van der Waals surface area contributed by atoms with Crippen LogP contribution in [0.2, 0.25) is 0 Å². The van der Waals surface area contributed by atoms with Crippen molar-refractivity contribution in [3.63, 3.8) is 0 Å². The van der Waals surface area contributed by atoms with Gasteiger partial charge in [0.25, 0.3) is 11.6 Å². The molecule has 0 spiro atoms. The lowest BCUT2D eigenvalue weighted by atomic mass is 10.1. The van der Waals surface area contributed by atoms with Crippen LogP contribution in [0.25, 0.3) is 6.08 Å². The number of rotatable bonds is 9. The van der Waals surface area contributed by atoms with Crippen LogP contribution in [0, 0.1) is 13.7 Å². The highest BCUT2D eigenvalue weighted by atomic mass is 127. The monoisotopic (exact) mass is 633 g/mol. The van der Waals surface area contributed by atoms with Gasteiger partial charge in [0, 0.05) is 12.1 Å². The van der Waals surface area contributed by atoms with Gasteiger partial charge in [0.05, 0.1) is 29.3 Å².